The van der Waals surface area contributed by atoms with Crippen LogP contribution in [-0.2, 0) is 17.5 Å². The Morgan fingerprint density at radius 1 is 1.23 bits per heavy atom. The molecule has 0 aliphatic rings. The largest absolute Gasteiger partial charge is 0.417 e. The Morgan fingerprint density at radius 2 is 1.97 bits per heavy atom. The maximum absolute atomic E-state index is 13.0. The van der Waals surface area contributed by atoms with Crippen molar-refractivity contribution in [3.05, 3.63) is 69.2 Å². The smallest absolute Gasteiger partial charge is 0.321 e. The maximum atomic E-state index is 13.0. The lowest BCUT2D eigenvalue weighted by atomic mass is 10.2. The van der Waals surface area contributed by atoms with Crippen molar-refractivity contribution in [3.8, 4) is 0 Å². The number of alkyl halides is 3. The van der Waals surface area contributed by atoms with Gasteiger partial charge in [-0.15, -0.1) is 0 Å². The molecule has 0 spiro atoms. The van der Waals surface area contributed by atoms with Gasteiger partial charge in [0.25, 0.3) is 11.5 Å². The summed E-state index contributed by atoms with van der Waals surface area (Å²) < 4.78 is 38.9. The van der Waals surface area contributed by atoms with Crippen LogP contribution in [-0.4, -0.2) is 29.0 Å². The third-order valence-corrected chi connectivity index (χ3v) is 4.88. The highest BCUT2D eigenvalue weighted by atomic mass is 35.5. The third-order valence-electron chi connectivity index (χ3n) is 4.55. The Hall–Kier alpha value is -2.91. The number of rotatable bonds is 6. The summed E-state index contributed by atoms with van der Waals surface area (Å²) in [5.74, 6) is -0.0420. The number of hydrogen-bond acceptors (Lipinski definition) is 3. The fourth-order valence-electron chi connectivity index (χ4n) is 3.02. The van der Waals surface area contributed by atoms with Crippen molar-refractivity contribution in [2.75, 3.05) is 18.4 Å². The molecule has 1 atom stereocenters. The van der Waals surface area contributed by atoms with Crippen molar-refractivity contribution >= 4 is 34.1 Å². The summed E-state index contributed by atoms with van der Waals surface area (Å²) in [5.41, 5.74) is -0.725. The van der Waals surface area contributed by atoms with Gasteiger partial charge in [0, 0.05) is 5.69 Å². The quantitative estimate of drug-likeness (QED) is 0.552. The number of aromatic nitrogens is 2. The molecule has 1 unspecified atom stereocenters. The molecule has 0 fully saturated rings. The van der Waals surface area contributed by atoms with E-state index in [2.05, 4.69) is 15.3 Å². The van der Waals surface area contributed by atoms with Crippen molar-refractivity contribution in [3.63, 3.8) is 0 Å². The minimum atomic E-state index is -4.62. The van der Waals surface area contributed by atoms with Crippen molar-refractivity contribution in [1.82, 2.24) is 9.97 Å². The van der Waals surface area contributed by atoms with E-state index in [1.165, 1.54) is 6.07 Å². The summed E-state index contributed by atoms with van der Waals surface area (Å²) >= 11 is 5.60. The van der Waals surface area contributed by atoms with Gasteiger partial charge in [-0.1, -0.05) is 23.7 Å². The number of anilines is 1. The first kappa shape index (κ1) is 21.8. The molecule has 1 aromatic heterocycles. The van der Waals surface area contributed by atoms with E-state index in [1.54, 1.807) is 24.3 Å². The Bertz CT molecular complexity index is 1130. The third kappa shape index (κ3) is 5.17. The summed E-state index contributed by atoms with van der Waals surface area (Å²) in [6.07, 6.45) is -4.62. The van der Waals surface area contributed by atoms with Crippen molar-refractivity contribution in [2.45, 2.75) is 19.6 Å². The van der Waals surface area contributed by atoms with E-state index in [4.69, 9.17) is 11.6 Å². The first-order valence-corrected chi connectivity index (χ1v) is 9.53. The minimum Gasteiger partial charge on any atom is -0.321 e. The second-order valence-electron chi connectivity index (χ2n) is 6.73. The summed E-state index contributed by atoms with van der Waals surface area (Å²) in [6.45, 7) is 2.65. The zero-order chi connectivity index (χ0) is 21.9. The van der Waals surface area contributed by atoms with Gasteiger partial charge in [0.1, 0.15) is 6.54 Å². The van der Waals surface area contributed by atoms with E-state index < -0.39 is 22.7 Å². The van der Waals surface area contributed by atoms with Crippen LogP contribution in [0.25, 0.3) is 10.9 Å². The molecule has 158 valence electrons. The van der Waals surface area contributed by atoms with Crippen LogP contribution in [0.2, 0.25) is 5.02 Å². The predicted octanol–water partition coefficient (Wildman–Crippen LogP) is 2.64. The highest BCUT2D eigenvalue weighted by Gasteiger charge is 2.33. The van der Waals surface area contributed by atoms with Crippen LogP contribution < -0.4 is 15.8 Å². The molecule has 3 N–H and O–H groups in total. The molecule has 1 amide bonds. The standard InChI is InChI=1S/C20H18ClF3N4O2/c1-2-28(10-17-26-16-6-4-3-5-13(16)19(30)27-17)11-18(29)25-12-7-8-15(21)14(9-12)20(22,23)24/h3-9H,2,10-11H2,1H3,(H,25,29)(H,26,27,30)/p+1. The van der Waals surface area contributed by atoms with Crippen LogP contribution in [0.15, 0.2) is 47.3 Å². The van der Waals surface area contributed by atoms with Crippen LogP contribution >= 0.6 is 11.6 Å². The number of likely N-dealkylation sites (N-methyl/N-ethyl adjacent to an activating group) is 1. The summed E-state index contributed by atoms with van der Waals surface area (Å²) in [7, 11) is 0. The molecule has 0 aliphatic carbocycles. The fraction of sp³-hybridized carbons (Fsp3) is 0.250. The van der Waals surface area contributed by atoms with Gasteiger partial charge in [0.05, 0.1) is 28.0 Å². The van der Waals surface area contributed by atoms with Crippen molar-refractivity contribution in [2.24, 2.45) is 0 Å². The molecule has 2 aromatic carbocycles. The molecular formula is C20H19ClF3N4O2+. The highest BCUT2D eigenvalue weighted by Crippen LogP contribution is 2.36. The molecule has 3 aromatic rings. The number of halogens is 4. The lowest BCUT2D eigenvalue weighted by Crippen LogP contribution is -3.11. The molecule has 0 bridgehead atoms. The van der Waals surface area contributed by atoms with Gasteiger partial charge in [0.15, 0.2) is 12.4 Å². The number of amides is 1. The second-order valence-corrected chi connectivity index (χ2v) is 7.13. The summed E-state index contributed by atoms with van der Waals surface area (Å²) in [5, 5.41) is 2.50. The van der Waals surface area contributed by atoms with Crippen LogP contribution in [0.4, 0.5) is 18.9 Å². The number of nitrogens with one attached hydrogen (secondary N) is 3. The zero-order valence-corrected chi connectivity index (χ0v) is 16.7. The van der Waals surface area contributed by atoms with Crippen LogP contribution in [0.1, 0.15) is 18.3 Å². The van der Waals surface area contributed by atoms with Crippen molar-refractivity contribution < 1.29 is 22.9 Å². The normalized spacial score (nSPS) is 12.7. The Balaban J connectivity index is 1.70. The first-order chi connectivity index (χ1) is 14.2. The fourth-order valence-corrected chi connectivity index (χ4v) is 3.25. The average Bonchev–Trinajstić information content (AvgIpc) is 2.68. The number of fused-ring (bicyclic) bond motifs is 1. The number of quaternary nitrogens is 1. The molecule has 30 heavy (non-hydrogen) atoms. The van der Waals surface area contributed by atoms with Crippen molar-refractivity contribution in [1.29, 1.82) is 0 Å². The lowest BCUT2D eigenvalue weighted by molar-refractivity contribution is -0.904. The Morgan fingerprint density at radius 3 is 2.67 bits per heavy atom. The molecule has 10 heteroatoms. The number of benzene rings is 2. The Kier molecular flexibility index (Phi) is 6.42. The van der Waals surface area contributed by atoms with Gasteiger partial charge in [-0.3, -0.25) is 9.59 Å². The Labute approximate surface area is 174 Å². The topological polar surface area (TPSA) is 79.3 Å². The molecule has 0 saturated carbocycles. The van der Waals surface area contributed by atoms with Gasteiger partial charge in [-0.2, -0.15) is 13.2 Å². The highest BCUT2D eigenvalue weighted by molar-refractivity contribution is 6.31. The average molecular weight is 440 g/mol. The number of nitrogens with zero attached hydrogens (tertiary/aromatic N) is 1. The predicted molar refractivity (Wildman–Crippen MR) is 108 cm³/mol. The van der Waals surface area contributed by atoms with Crippen LogP contribution in [0.5, 0.6) is 0 Å². The summed E-state index contributed by atoms with van der Waals surface area (Å²) in [6, 6.07) is 10.1. The van der Waals surface area contributed by atoms with E-state index in [0.717, 1.165) is 17.0 Å². The minimum absolute atomic E-state index is 0.00409. The van der Waals surface area contributed by atoms with E-state index in [-0.39, 0.29) is 24.3 Å². The molecule has 3 rings (SSSR count). The van der Waals surface area contributed by atoms with Gasteiger partial charge >= 0.3 is 6.18 Å². The molecular weight excluding hydrogens is 421 g/mol. The number of carbonyl (C=O) groups is 1. The first-order valence-electron chi connectivity index (χ1n) is 9.15. The molecule has 1 heterocycles. The molecule has 0 saturated heterocycles. The number of H-pyrrole nitrogens is 1. The van der Waals surface area contributed by atoms with Crippen LogP contribution in [0, 0.1) is 0 Å². The molecule has 0 radical (unpaired) electrons. The summed E-state index contributed by atoms with van der Waals surface area (Å²) in [4.78, 5) is 32.4. The van der Waals surface area contributed by atoms with Gasteiger partial charge in [-0.25, -0.2) is 4.98 Å². The lowest BCUT2D eigenvalue weighted by Gasteiger charge is -2.17. The SMILES string of the molecule is CC[NH+](CC(=O)Nc1ccc(Cl)c(C(F)(F)F)c1)Cc1nc2ccccc2c(=O)[nH]1. The second kappa shape index (κ2) is 8.85. The molecule has 0 aliphatic heterocycles. The van der Waals surface area contributed by atoms with E-state index in [1.807, 2.05) is 6.92 Å². The monoisotopic (exact) mass is 439 g/mol. The number of para-hydroxylation sites is 1. The zero-order valence-electron chi connectivity index (χ0n) is 15.9. The van der Waals surface area contributed by atoms with Gasteiger partial charge in [0.2, 0.25) is 0 Å². The van der Waals surface area contributed by atoms with E-state index in [0.29, 0.717) is 23.3 Å². The number of carbonyl (C=O) groups excluding carboxylic acids is 1. The molecule has 6 nitrogen and oxygen atoms in total. The number of aromatic amines is 1. The van der Waals surface area contributed by atoms with Crippen LogP contribution in [0.3, 0.4) is 0 Å². The van der Waals surface area contributed by atoms with Gasteiger partial charge < -0.3 is 15.2 Å². The number of hydrogen-bond donors (Lipinski definition) is 3. The van der Waals surface area contributed by atoms with E-state index in [9.17, 15) is 22.8 Å². The van der Waals surface area contributed by atoms with Gasteiger partial charge in [-0.05, 0) is 37.3 Å². The van der Waals surface area contributed by atoms with E-state index >= 15 is 0 Å². The maximum Gasteiger partial charge on any atom is 0.417 e.